The van der Waals surface area contributed by atoms with Crippen molar-refractivity contribution in [2.45, 2.75) is 54.1 Å². The average molecular weight is 551 g/mol. The van der Waals surface area contributed by atoms with Gasteiger partial charge in [-0.25, -0.2) is 8.78 Å². The maximum atomic E-state index is 13.0. The Balaban J connectivity index is -0.00000338. The summed E-state index contributed by atoms with van der Waals surface area (Å²) in [7, 11) is 0. The van der Waals surface area contributed by atoms with Crippen molar-refractivity contribution in [2.75, 3.05) is 0 Å². The van der Waals surface area contributed by atoms with Gasteiger partial charge in [-0.05, 0) is 0 Å². The Morgan fingerprint density at radius 1 is 0.414 bits per heavy atom. The van der Waals surface area contributed by atoms with Crippen molar-refractivity contribution < 1.29 is 91.6 Å². The average Bonchev–Trinajstić information content (AvgIpc) is 2.44. The third-order valence-electron chi connectivity index (χ3n) is 3.10. The standard InChI is InChI=1S/C10H4F17.BrH.Mg/c1-2-3(11,12)4(13,14)5(15,16)6(17,18)7(19,20)8(21,22)9(23,24)10(25,26)27;;/h1-2H2;1H;/q-1;;+2/p-1. The van der Waals surface area contributed by atoms with E-state index < -0.39 is 54.1 Å². The van der Waals surface area contributed by atoms with Gasteiger partial charge in [0.2, 0.25) is 0 Å². The molecule has 0 rings (SSSR count). The van der Waals surface area contributed by atoms with Crippen LogP contribution in [-0.4, -0.2) is 70.7 Å². The van der Waals surface area contributed by atoms with E-state index in [0.717, 1.165) is 0 Å². The van der Waals surface area contributed by atoms with Gasteiger partial charge in [0.25, 0.3) is 5.92 Å². The van der Waals surface area contributed by atoms with Gasteiger partial charge in [-0.15, -0.1) is 6.42 Å². The second-order valence-electron chi connectivity index (χ2n) is 4.90. The Hall–Kier alpha value is 0.0562. The first-order valence-electron chi connectivity index (χ1n) is 5.82. The van der Waals surface area contributed by atoms with E-state index in [0.29, 0.717) is 0 Å². The summed E-state index contributed by atoms with van der Waals surface area (Å²) >= 11 is 0. The second-order valence-corrected chi connectivity index (χ2v) is 4.90. The molecule has 0 N–H and O–H groups in total. The largest absolute Gasteiger partial charge is 2.00 e. The molecule has 0 saturated heterocycles. The van der Waals surface area contributed by atoms with Crippen LogP contribution in [0.4, 0.5) is 74.6 Å². The van der Waals surface area contributed by atoms with Crippen molar-refractivity contribution in [1.82, 2.24) is 0 Å². The van der Waals surface area contributed by atoms with Crippen molar-refractivity contribution in [3.63, 3.8) is 0 Å². The number of hydrogen-bond donors (Lipinski definition) is 0. The van der Waals surface area contributed by atoms with E-state index in [4.69, 9.17) is 0 Å². The van der Waals surface area contributed by atoms with Crippen molar-refractivity contribution in [3.8, 4) is 0 Å². The zero-order valence-electron chi connectivity index (χ0n) is 12.9. The van der Waals surface area contributed by atoms with Crippen LogP contribution in [0.2, 0.25) is 0 Å². The minimum Gasteiger partial charge on any atom is -1.00 e. The third-order valence-corrected chi connectivity index (χ3v) is 3.10. The maximum Gasteiger partial charge on any atom is 2.00 e. The third kappa shape index (κ3) is 4.37. The van der Waals surface area contributed by atoms with Gasteiger partial charge in [-0.1, -0.05) is 0 Å². The quantitative estimate of drug-likeness (QED) is 0.260. The molecule has 0 heterocycles. The van der Waals surface area contributed by atoms with Gasteiger partial charge in [-0.3, -0.25) is 0 Å². The predicted octanol–water partition coefficient (Wildman–Crippen LogP) is 2.84. The number of rotatable bonds is 7. The van der Waals surface area contributed by atoms with E-state index in [1.807, 2.05) is 6.92 Å². The molecule has 29 heavy (non-hydrogen) atoms. The van der Waals surface area contributed by atoms with Gasteiger partial charge in [0.1, 0.15) is 0 Å². The molecule has 19 heteroatoms. The van der Waals surface area contributed by atoms with E-state index in [1.54, 1.807) is 0 Å². The van der Waals surface area contributed by atoms with Crippen LogP contribution in [0, 0.1) is 6.92 Å². The molecule has 0 aromatic carbocycles. The van der Waals surface area contributed by atoms with Crippen molar-refractivity contribution in [1.29, 1.82) is 0 Å². The van der Waals surface area contributed by atoms with E-state index in [9.17, 15) is 74.6 Å². The van der Waals surface area contributed by atoms with Crippen molar-refractivity contribution in [3.05, 3.63) is 6.92 Å². The smallest absolute Gasteiger partial charge is 1.00 e. The number of halogens is 18. The molecule has 0 amide bonds. The summed E-state index contributed by atoms with van der Waals surface area (Å²) in [4.78, 5) is 0. The van der Waals surface area contributed by atoms with Crippen LogP contribution in [0.5, 0.6) is 0 Å². The molecule has 0 spiro atoms. The first kappa shape index (κ1) is 33.7. The molecule has 0 radical (unpaired) electrons. The summed E-state index contributed by atoms with van der Waals surface area (Å²) in [5, 5.41) is 0. The molecule has 0 fully saturated rings. The Morgan fingerprint density at radius 3 is 0.828 bits per heavy atom. The summed E-state index contributed by atoms with van der Waals surface area (Å²) in [5.74, 6) is -55.9. The fourth-order valence-electron chi connectivity index (χ4n) is 1.35. The molecule has 0 saturated carbocycles. The molecule has 0 aromatic heterocycles. The Morgan fingerprint density at radius 2 is 0.621 bits per heavy atom. The fourth-order valence-corrected chi connectivity index (χ4v) is 1.35. The summed E-state index contributed by atoms with van der Waals surface area (Å²) in [5.41, 5.74) is 0. The summed E-state index contributed by atoms with van der Waals surface area (Å²) < 4.78 is 215. The minimum atomic E-state index is -8.58. The van der Waals surface area contributed by atoms with Crippen molar-refractivity contribution in [2.24, 2.45) is 0 Å². The van der Waals surface area contributed by atoms with Gasteiger partial charge in [-0.2, -0.15) is 65.9 Å². The number of alkyl halides is 17. The zero-order chi connectivity index (χ0) is 22.7. The molecule has 0 nitrogen and oxygen atoms in total. The molecule has 0 bridgehead atoms. The van der Waals surface area contributed by atoms with E-state index >= 15 is 0 Å². The first-order chi connectivity index (χ1) is 11.3. The predicted molar refractivity (Wildman–Crippen MR) is 56.4 cm³/mol. The van der Waals surface area contributed by atoms with Crippen LogP contribution < -0.4 is 17.0 Å². The van der Waals surface area contributed by atoms with Gasteiger partial charge in [0.05, 0.1) is 0 Å². The summed E-state index contributed by atoms with van der Waals surface area (Å²) in [6.07, 6.45) is -10.4. The van der Waals surface area contributed by atoms with Gasteiger partial charge < -0.3 is 23.9 Å². The molecule has 0 unspecified atom stereocenters. The summed E-state index contributed by atoms with van der Waals surface area (Å²) in [6.45, 7) is 1.89. The Kier molecular flexibility index (Phi) is 9.91. The number of hydrogen-bond acceptors (Lipinski definition) is 0. The molecular formula is C10H4BrF17Mg. The maximum absolute atomic E-state index is 13.0. The topological polar surface area (TPSA) is 0 Å². The Labute approximate surface area is 176 Å². The van der Waals surface area contributed by atoms with Crippen LogP contribution in [-0.2, 0) is 0 Å². The van der Waals surface area contributed by atoms with Gasteiger partial charge in [0, 0.05) is 0 Å². The monoisotopic (exact) mass is 550 g/mol. The molecule has 0 atom stereocenters. The summed E-state index contributed by atoms with van der Waals surface area (Å²) in [6, 6.07) is 0. The van der Waals surface area contributed by atoms with E-state index in [1.165, 1.54) is 0 Å². The van der Waals surface area contributed by atoms with Crippen LogP contribution in [0.3, 0.4) is 0 Å². The van der Waals surface area contributed by atoms with Crippen LogP contribution in [0.1, 0.15) is 6.42 Å². The van der Waals surface area contributed by atoms with Crippen molar-refractivity contribution >= 4 is 23.1 Å². The molecule has 172 valence electrons. The molecular weight excluding hydrogens is 547 g/mol. The first-order valence-corrected chi connectivity index (χ1v) is 5.82. The van der Waals surface area contributed by atoms with Crippen LogP contribution in [0.25, 0.3) is 0 Å². The van der Waals surface area contributed by atoms with Crippen LogP contribution in [0.15, 0.2) is 0 Å². The van der Waals surface area contributed by atoms with Gasteiger partial charge >= 0.3 is 64.8 Å². The van der Waals surface area contributed by atoms with Gasteiger partial charge in [0.15, 0.2) is 0 Å². The van der Waals surface area contributed by atoms with E-state index in [2.05, 4.69) is 0 Å². The SMILES string of the molecule is [Br-].[CH2-]CC(F)(F)C(F)(F)C(F)(F)C(F)(F)C(F)(F)C(F)(F)C(F)(F)C(F)(F)F.[Mg+2]. The zero-order valence-corrected chi connectivity index (χ0v) is 15.9. The molecule has 0 aliphatic rings. The molecule has 0 aromatic rings. The van der Waals surface area contributed by atoms with Crippen LogP contribution >= 0.6 is 0 Å². The molecule has 0 aliphatic carbocycles. The molecule has 0 aliphatic heterocycles. The normalized spacial score (nSPS) is 15.5. The fraction of sp³-hybridized carbons (Fsp3) is 0.900. The second kappa shape index (κ2) is 8.53. The van der Waals surface area contributed by atoms with E-state index in [-0.39, 0.29) is 40.0 Å². The minimum absolute atomic E-state index is 0. The Bertz CT molecular complexity index is 551.